The van der Waals surface area contributed by atoms with Crippen LogP contribution in [0.2, 0.25) is 0 Å². The third kappa shape index (κ3) is 5.47. The standard InChI is InChI=1S/C28H28FN5O2S/c1-33-11-10-21-14-19(6-9-26(21)33)18-4-7-23(8-5-18)31-28(36)34-12-13-37-24(17-34)15-20-2-3-22(16-25(20)29)27(35)32-30/h2-11,14,16,24H,12-13,15,17,30H2,1H3,(H,31,36)(H,32,35). The van der Waals surface area contributed by atoms with E-state index >= 15 is 0 Å². The normalized spacial score (nSPS) is 15.5. The lowest BCUT2D eigenvalue weighted by Crippen LogP contribution is -2.44. The van der Waals surface area contributed by atoms with Gasteiger partial charge >= 0.3 is 6.03 Å². The number of amides is 3. The number of aryl methyl sites for hydroxylation is 1. The summed E-state index contributed by atoms with van der Waals surface area (Å²) in [6.07, 6.45) is 2.51. The topological polar surface area (TPSA) is 92.4 Å². The molecule has 5 rings (SSSR count). The van der Waals surface area contributed by atoms with Crippen molar-refractivity contribution in [3.05, 3.63) is 89.9 Å². The molecule has 1 aromatic heterocycles. The minimum Gasteiger partial charge on any atom is -0.351 e. The molecule has 0 spiro atoms. The van der Waals surface area contributed by atoms with Gasteiger partial charge in [0.25, 0.3) is 5.91 Å². The number of halogens is 1. The molecule has 9 heteroatoms. The Morgan fingerprint density at radius 2 is 1.84 bits per heavy atom. The number of nitrogens with one attached hydrogen (secondary N) is 2. The lowest BCUT2D eigenvalue weighted by atomic mass is 10.0. The van der Waals surface area contributed by atoms with Crippen molar-refractivity contribution in [1.82, 2.24) is 14.9 Å². The van der Waals surface area contributed by atoms with Crippen molar-refractivity contribution in [3.63, 3.8) is 0 Å². The summed E-state index contributed by atoms with van der Waals surface area (Å²) in [7, 11) is 2.03. The molecule has 3 aromatic carbocycles. The Balaban J connectivity index is 1.20. The molecule has 0 aliphatic carbocycles. The van der Waals surface area contributed by atoms with Crippen molar-refractivity contribution in [2.45, 2.75) is 11.7 Å². The molecule has 0 bridgehead atoms. The van der Waals surface area contributed by atoms with Crippen LogP contribution in [0.4, 0.5) is 14.9 Å². The Kier molecular flexibility index (Phi) is 7.16. The molecule has 4 aromatic rings. The van der Waals surface area contributed by atoms with Gasteiger partial charge in [-0.25, -0.2) is 15.0 Å². The van der Waals surface area contributed by atoms with Crippen LogP contribution in [0, 0.1) is 5.82 Å². The second kappa shape index (κ2) is 10.7. The van der Waals surface area contributed by atoms with E-state index in [0.717, 1.165) is 22.6 Å². The van der Waals surface area contributed by atoms with E-state index in [4.69, 9.17) is 5.84 Å². The van der Waals surface area contributed by atoms with E-state index in [2.05, 4.69) is 34.1 Å². The number of hydrogen-bond donors (Lipinski definition) is 3. The molecule has 2 heterocycles. The van der Waals surface area contributed by atoms with Crippen molar-refractivity contribution in [2.24, 2.45) is 12.9 Å². The second-order valence-electron chi connectivity index (χ2n) is 9.13. The molecule has 4 N–H and O–H groups in total. The van der Waals surface area contributed by atoms with E-state index in [1.165, 1.54) is 17.0 Å². The molecule has 1 aliphatic heterocycles. The maximum Gasteiger partial charge on any atom is 0.321 e. The summed E-state index contributed by atoms with van der Waals surface area (Å²) in [5, 5.41) is 4.23. The predicted octanol–water partition coefficient (Wildman–Crippen LogP) is 4.78. The molecule has 190 valence electrons. The zero-order chi connectivity index (χ0) is 25.9. The SMILES string of the molecule is Cn1ccc2cc(-c3ccc(NC(=O)N4CCSC(Cc5ccc(C(=O)NN)cc5F)C4)cc3)ccc21. The summed E-state index contributed by atoms with van der Waals surface area (Å²) in [4.78, 5) is 26.3. The smallest absolute Gasteiger partial charge is 0.321 e. The number of hydrogen-bond acceptors (Lipinski definition) is 4. The first kappa shape index (κ1) is 24.9. The highest BCUT2D eigenvalue weighted by Crippen LogP contribution is 2.27. The Morgan fingerprint density at radius 1 is 1.05 bits per heavy atom. The molecule has 7 nitrogen and oxygen atoms in total. The monoisotopic (exact) mass is 517 g/mol. The van der Waals surface area contributed by atoms with Crippen molar-refractivity contribution in [1.29, 1.82) is 0 Å². The maximum atomic E-state index is 14.6. The van der Waals surface area contributed by atoms with Crippen molar-refractivity contribution < 1.29 is 14.0 Å². The van der Waals surface area contributed by atoms with E-state index in [0.29, 0.717) is 25.1 Å². The van der Waals surface area contributed by atoms with Gasteiger partial charge in [-0.15, -0.1) is 0 Å². The molecule has 1 saturated heterocycles. The van der Waals surface area contributed by atoms with Gasteiger partial charge in [0.15, 0.2) is 0 Å². The first-order chi connectivity index (χ1) is 17.9. The number of carbonyl (C=O) groups excluding carboxylic acids is 2. The molecule has 1 atom stereocenters. The van der Waals surface area contributed by atoms with E-state index in [1.54, 1.807) is 28.8 Å². The summed E-state index contributed by atoms with van der Waals surface area (Å²) in [5.74, 6) is 4.91. The van der Waals surface area contributed by atoms with Crippen LogP contribution in [0.15, 0.2) is 72.9 Å². The second-order valence-corrected chi connectivity index (χ2v) is 10.5. The van der Waals surface area contributed by atoms with E-state index in [-0.39, 0.29) is 16.8 Å². The number of fused-ring (bicyclic) bond motifs is 1. The zero-order valence-electron chi connectivity index (χ0n) is 20.4. The molecule has 0 saturated carbocycles. The van der Waals surface area contributed by atoms with Gasteiger partial charge in [0, 0.05) is 59.5 Å². The number of nitrogens with two attached hydrogens (primary N) is 1. The fourth-order valence-corrected chi connectivity index (χ4v) is 5.86. The van der Waals surface area contributed by atoms with Gasteiger partial charge in [-0.3, -0.25) is 10.2 Å². The number of hydrazine groups is 1. The lowest BCUT2D eigenvalue weighted by molar-refractivity contribution is 0.0953. The van der Waals surface area contributed by atoms with Gasteiger partial charge in [-0.1, -0.05) is 24.3 Å². The minimum atomic E-state index is -0.536. The molecule has 0 radical (unpaired) electrons. The van der Waals surface area contributed by atoms with Gasteiger partial charge in [-0.2, -0.15) is 11.8 Å². The summed E-state index contributed by atoms with van der Waals surface area (Å²) in [5.41, 5.74) is 6.80. The molecule has 3 amide bonds. The van der Waals surface area contributed by atoms with Crippen LogP contribution in [0.25, 0.3) is 22.0 Å². The Bertz CT molecular complexity index is 1450. The van der Waals surface area contributed by atoms with Crippen LogP contribution in [0.5, 0.6) is 0 Å². The number of urea groups is 1. The molecule has 1 fully saturated rings. The number of anilines is 1. The number of aromatic nitrogens is 1. The molecular formula is C28H28FN5O2S. The van der Waals surface area contributed by atoms with Crippen molar-refractivity contribution in [2.75, 3.05) is 24.2 Å². The number of thioether (sulfide) groups is 1. The van der Waals surface area contributed by atoms with Gasteiger partial charge in [0.2, 0.25) is 0 Å². The number of benzene rings is 3. The van der Waals surface area contributed by atoms with Crippen LogP contribution in [-0.4, -0.2) is 45.5 Å². The summed E-state index contributed by atoms with van der Waals surface area (Å²) >= 11 is 1.72. The van der Waals surface area contributed by atoms with E-state index < -0.39 is 11.7 Å². The third-order valence-corrected chi connectivity index (χ3v) is 7.88. The fraction of sp³-hybridized carbons (Fsp3) is 0.214. The average molecular weight is 518 g/mol. The Hall–Kier alpha value is -3.82. The van der Waals surface area contributed by atoms with E-state index in [9.17, 15) is 14.0 Å². The van der Waals surface area contributed by atoms with Gasteiger partial charge < -0.3 is 14.8 Å². The minimum absolute atomic E-state index is 0.0541. The molecule has 1 aliphatic rings. The lowest BCUT2D eigenvalue weighted by Gasteiger charge is -2.32. The van der Waals surface area contributed by atoms with Crippen LogP contribution < -0.4 is 16.6 Å². The largest absolute Gasteiger partial charge is 0.351 e. The van der Waals surface area contributed by atoms with Gasteiger partial charge in [-0.05, 0) is 65.6 Å². The highest BCUT2D eigenvalue weighted by molar-refractivity contribution is 8.00. The fourth-order valence-electron chi connectivity index (χ4n) is 4.62. The quantitative estimate of drug-likeness (QED) is 0.202. The summed E-state index contributed by atoms with van der Waals surface area (Å²) in [6, 6.07) is 20.5. The molecule has 37 heavy (non-hydrogen) atoms. The first-order valence-corrected chi connectivity index (χ1v) is 13.1. The first-order valence-electron chi connectivity index (χ1n) is 12.0. The van der Waals surface area contributed by atoms with Crippen LogP contribution in [-0.2, 0) is 13.5 Å². The van der Waals surface area contributed by atoms with Gasteiger partial charge in [0.1, 0.15) is 5.82 Å². The number of nitrogen functional groups attached to an aromatic ring is 1. The predicted molar refractivity (Wildman–Crippen MR) is 147 cm³/mol. The highest BCUT2D eigenvalue weighted by atomic mass is 32.2. The van der Waals surface area contributed by atoms with Crippen LogP contribution in [0.3, 0.4) is 0 Å². The van der Waals surface area contributed by atoms with E-state index in [1.807, 2.05) is 42.9 Å². The van der Waals surface area contributed by atoms with Crippen molar-refractivity contribution in [3.8, 4) is 11.1 Å². The van der Waals surface area contributed by atoms with Gasteiger partial charge in [0.05, 0.1) is 0 Å². The molecule has 1 unspecified atom stereocenters. The highest BCUT2D eigenvalue weighted by Gasteiger charge is 2.25. The Labute approximate surface area is 218 Å². The number of nitrogens with zero attached hydrogens (tertiary/aromatic N) is 2. The molecular weight excluding hydrogens is 489 g/mol. The summed E-state index contributed by atoms with van der Waals surface area (Å²) < 4.78 is 16.6. The maximum absolute atomic E-state index is 14.6. The van der Waals surface area contributed by atoms with Crippen molar-refractivity contribution >= 4 is 40.3 Å². The van der Waals surface area contributed by atoms with Crippen LogP contribution in [0.1, 0.15) is 15.9 Å². The third-order valence-electron chi connectivity index (χ3n) is 6.67. The zero-order valence-corrected chi connectivity index (χ0v) is 21.2. The number of rotatable bonds is 5. The Morgan fingerprint density at radius 3 is 2.59 bits per heavy atom. The number of carbonyl (C=O) groups is 2. The summed E-state index contributed by atoms with van der Waals surface area (Å²) in [6.45, 7) is 1.14. The van der Waals surface area contributed by atoms with Crippen LogP contribution >= 0.6 is 11.8 Å². The average Bonchev–Trinajstić information content (AvgIpc) is 3.29.